The zero-order valence-electron chi connectivity index (χ0n) is 10.4. The number of benzene rings is 1. The van der Waals surface area contributed by atoms with Gasteiger partial charge in [-0.05, 0) is 28.9 Å². The van der Waals surface area contributed by atoms with Crippen LogP contribution in [0.25, 0.3) is 0 Å². The van der Waals surface area contributed by atoms with Gasteiger partial charge < -0.3 is 9.57 Å². The zero-order valence-corrected chi connectivity index (χ0v) is 12.0. The molecule has 2 rings (SSSR count). The molecule has 1 heterocycles. The monoisotopic (exact) mass is 332 g/mol. The molecule has 0 saturated heterocycles. The molecule has 10 heteroatoms. The Bertz CT molecular complexity index is 698. The molecular weight excluding hydrogens is 324 g/mol. The molecule has 0 amide bonds. The van der Waals surface area contributed by atoms with Crippen LogP contribution in [-0.2, 0) is 25.2 Å². The van der Waals surface area contributed by atoms with Gasteiger partial charge in [0, 0.05) is 28.9 Å². The molecule has 0 saturated carbocycles. The largest absolute Gasteiger partial charge is 0.450 e. The van der Waals surface area contributed by atoms with E-state index < -0.39 is 19.4 Å². The number of halogens is 1. The van der Waals surface area contributed by atoms with Crippen LogP contribution in [0.5, 0.6) is 0 Å². The van der Waals surface area contributed by atoms with E-state index in [1.807, 2.05) is 0 Å². The fraction of sp³-hybridized carbons (Fsp3) is 0.182. The summed E-state index contributed by atoms with van der Waals surface area (Å²) in [7, 11) is 1.26. The van der Waals surface area contributed by atoms with Crippen LogP contribution in [0, 0.1) is 10.1 Å². The number of oxime groups is 1. The summed E-state index contributed by atoms with van der Waals surface area (Å²) in [6.07, 6.45) is 2.55. The van der Waals surface area contributed by atoms with E-state index in [2.05, 4.69) is 5.16 Å². The summed E-state index contributed by atoms with van der Waals surface area (Å²) >= 11 is 0. The highest BCUT2D eigenvalue weighted by Gasteiger charge is 2.27. The minimum absolute atomic E-state index is 0.0221. The maximum Gasteiger partial charge on any atom is 0.274 e. The lowest BCUT2D eigenvalue weighted by atomic mass is 10.2. The number of nitro groups is 1. The van der Waals surface area contributed by atoms with Crippen LogP contribution in [0.1, 0.15) is 5.56 Å². The van der Waals surface area contributed by atoms with E-state index in [1.54, 1.807) is 0 Å². The quantitative estimate of drug-likeness (QED) is 0.463. The Morgan fingerprint density at radius 1 is 1.38 bits per heavy atom. The molecule has 0 N–H and O–H groups in total. The van der Waals surface area contributed by atoms with Gasteiger partial charge in [0.15, 0.2) is 0 Å². The Balaban J connectivity index is 1.89. The number of nitrogens with zero attached hydrogens (tertiary/aromatic N) is 2. The highest BCUT2D eigenvalue weighted by atomic mass is 35.7. The smallest absolute Gasteiger partial charge is 0.274 e. The van der Waals surface area contributed by atoms with Gasteiger partial charge in [-0.25, -0.2) is 8.42 Å². The Morgan fingerprint density at radius 3 is 2.57 bits per heavy atom. The minimum atomic E-state index is -3.86. The molecule has 1 aromatic rings. The van der Waals surface area contributed by atoms with Crippen molar-refractivity contribution in [2.75, 3.05) is 0 Å². The molecule has 0 fully saturated rings. The van der Waals surface area contributed by atoms with E-state index in [0.717, 1.165) is 0 Å². The third-order valence-electron chi connectivity index (χ3n) is 2.44. The third-order valence-corrected chi connectivity index (χ3v) is 3.78. The summed E-state index contributed by atoms with van der Waals surface area (Å²) in [6.45, 7) is 0.0526. The summed E-state index contributed by atoms with van der Waals surface area (Å²) in [4.78, 5) is 14.9. The molecular formula is C11H9ClN2O6S. The normalized spacial score (nSPS) is 19.5. The van der Waals surface area contributed by atoms with Gasteiger partial charge in [0.05, 0.1) is 4.92 Å². The number of hydrogen-bond donors (Lipinski definition) is 0. The van der Waals surface area contributed by atoms with Crippen LogP contribution in [0.4, 0.5) is 5.69 Å². The van der Waals surface area contributed by atoms with Crippen molar-refractivity contribution in [3.05, 3.63) is 52.1 Å². The fourth-order valence-electron chi connectivity index (χ4n) is 1.45. The Kier molecular flexibility index (Phi) is 4.43. The van der Waals surface area contributed by atoms with Gasteiger partial charge >= 0.3 is 0 Å². The third kappa shape index (κ3) is 4.17. The van der Waals surface area contributed by atoms with Crippen LogP contribution in [0.2, 0.25) is 0 Å². The molecule has 0 spiro atoms. The van der Waals surface area contributed by atoms with Crippen molar-refractivity contribution in [2.45, 2.75) is 12.0 Å². The SMILES string of the molecule is O=[N+]([O-])c1ccc(CON=C2C=CC(S(=O)(=O)Cl)O2)cc1. The van der Waals surface area contributed by atoms with E-state index in [1.165, 1.54) is 36.4 Å². The van der Waals surface area contributed by atoms with Crippen LogP contribution < -0.4 is 0 Å². The molecule has 1 aliphatic rings. The number of rotatable bonds is 5. The summed E-state index contributed by atoms with van der Waals surface area (Å²) in [6, 6.07) is 5.73. The molecule has 1 atom stereocenters. The first-order chi connectivity index (χ1) is 9.86. The van der Waals surface area contributed by atoms with Crippen molar-refractivity contribution >= 4 is 31.3 Å². The number of nitro benzene ring substituents is 1. The maximum absolute atomic E-state index is 11.0. The van der Waals surface area contributed by atoms with Crippen molar-refractivity contribution in [2.24, 2.45) is 5.16 Å². The Labute approximate surface area is 124 Å². The molecule has 1 aliphatic heterocycles. The second kappa shape index (κ2) is 6.10. The molecule has 8 nitrogen and oxygen atoms in total. The van der Waals surface area contributed by atoms with Gasteiger partial charge in [-0.2, -0.15) is 0 Å². The second-order valence-corrected chi connectivity index (χ2v) is 6.65. The average molecular weight is 333 g/mol. The molecule has 0 aromatic heterocycles. The highest BCUT2D eigenvalue weighted by Crippen LogP contribution is 2.17. The first-order valence-corrected chi connectivity index (χ1v) is 7.95. The molecule has 1 aromatic carbocycles. The van der Waals surface area contributed by atoms with Crippen molar-refractivity contribution in [1.29, 1.82) is 0 Å². The number of ether oxygens (including phenoxy) is 1. The van der Waals surface area contributed by atoms with Crippen molar-refractivity contribution in [3.8, 4) is 0 Å². The maximum atomic E-state index is 11.0. The van der Waals surface area contributed by atoms with Gasteiger partial charge in [0.1, 0.15) is 6.61 Å². The molecule has 21 heavy (non-hydrogen) atoms. The Morgan fingerprint density at radius 2 is 2.05 bits per heavy atom. The number of non-ortho nitro benzene ring substituents is 1. The van der Waals surface area contributed by atoms with Crippen molar-refractivity contribution in [3.63, 3.8) is 0 Å². The standard InChI is InChI=1S/C11H9ClN2O6S/c12-21(17,18)11-6-5-10(20-11)13-19-7-8-1-3-9(4-2-8)14(15)16/h1-6,11H,7H2. The van der Waals surface area contributed by atoms with Gasteiger partial charge in [-0.3, -0.25) is 10.1 Å². The fourth-order valence-corrected chi connectivity index (χ4v) is 2.21. The molecule has 0 bridgehead atoms. The summed E-state index contributed by atoms with van der Waals surface area (Å²) in [5.74, 6) is -0.0221. The average Bonchev–Trinajstić information content (AvgIpc) is 2.88. The molecule has 1 unspecified atom stereocenters. The van der Waals surface area contributed by atoms with Crippen LogP contribution in [-0.4, -0.2) is 24.7 Å². The van der Waals surface area contributed by atoms with E-state index in [0.29, 0.717) is 5.56 Å². The summed E-state index contributed by atoms with van der Waals surface area (Å²) < 4.78 is 26.9. The van der Waals surface area contributed by atoms with Crippen LogP contribution >= 0.6 is 10.7 Å². The predicted molar refractivity (Wildman–Crippen MR) is 74.1 cm³/mol. The lowest BCUT2D eigenvalue weighted by Gasteiger charge is -2.05. The lowest BCUT2D eigenvalue weighted by Crippen LogP contribution is -2.15. The van der Waals surface area contributed by atoms with E-state index in [-0.39, 0.29) is 18.2 Å². The summed E-state index contributed by atoms with van der Waals surface area (Å²) in [5.41, 5.74) is -0.642. The second-order valence-electron chi connectivity index (χ2n) is 3.95. The highest BCUT2D eigenvalue weighted by molar-refractivity contribution is 8.14. The van der Waals surface area contributed by atoms with Crippen molar-refractivity contribution < 1.29 is 22.9 Å². The van der Waals surface area contributed by atoms with E-state index in [9.17, 15) is 18.5 Å². The van der Waals surface area contributed by atoms with Crippen LogP contribution in [0.15, 0.2) is 41.6 Å². The Hall–Kier alpha value is -2.13. The van der Waals surface area contributed by atoms with Crippen LogP contribution in [0.3, 0.4) is 0 Å². The first kappa shape index (κ1) is 15.3. The minimum Gasteiger partial charge on any atom is -0.450 e. The van der Waals surface area contributed by atoms with Gasteiger partial charge in [0.25, 0.3) is 20.6 Å². The molecule has 0 radical (unpaired) electrons. The summed E-state index contributed by atoms with van der Waals surface area (Å²) in [5, 5.41) is 14.1. The molecule has 112 valence electrons. The topological polar surface area (TPSA) is 108 Å². The van der Waals surface area contributed by atoms with E-state index in [4.69, 9.17) is 20.3 Å². The van der Waals surface area contributed by atoms with Gasteiger partial charge in [-0.15, -0.1) is 0 Å². The molecule has 0 aliphatic carbocycles. The predicted octanol–water partition coefficient (Wildman–Crippen LogP) is 1.91. The van der Waals surface area contributed by atoms with Gasteiger partial charge in [0.2, 0.25) is 5.44 Å². The lowest BCUT2D eigenvalue weighted by molar-refractivity contribution is -0.384. The zero-order chi connectivity index (χ0) is 15.5. The first-order valence-electron chi connectivity index (χ1n) is 5.58. The number of hydrogen-bond acceptors (Lipinski definition) is 7. The van der Waals surface area contributed by atoms with Gasteiger partial charge in [-0.1, -0.05) is 0 Å². The van der Waals surface area contributed by atoms with E-state index >= 15 is 0 Å². The van der Waals surface area contributed by atoms with Crippen molar-refractivity contribution in [1.82, 2.24) is 0 Å².